The highest BCUT2D eigenvalue weighted by atomic mass is 32.2. The number of hydrogen-bond donors (Lipinski definition) is 1. The van der Waals surface area contributed by atoms with Crippen LogP contribution in [-0.4, -0.2) is 20.7 Å². The fraction of sp³-hybridized carbons (Fsp3) is 0.190. The molecule has 0 spiro atoms. The second kappa shape index (κ2) is 8.68. The van der Waals surface area contributed by atoms with E-state index < -0.39 is 5.25 Å². The third kappa shape index (κ3) is 4.65. The molecule has 1 heterocycles. The molecular weight excluding hydrogens is 356 g/mol. The van der Waals surface area contributed by atoms with E-state index in [0.29, 0.717) is 11.7 Å². The predicted octanol–water partition coefficient (Wildman–Crippen LogP) is 4.55. The van der Waals surface area contributed by atoms with Gasteiger partial charge in [-0.05, 0) is 31.5 Å². The predicted molar refractivity (Wildman–Crippen MR) is 110 cm³/mol. The normalized spacial score (nSPS) is 11.8. The number of thioether (sulfide) groups is 1. The van der Waals surface area contributed by atoms with Gasteiger partial charge in [0.05, 0.1) is 0 Å². The zero-order valence-electron chi connectivity index (χ0n) is 15.4. The molecule has 6 heteroatoms. The van der Waals surface area contributed by atoms with Gasteiger partial charge in [-0.15, -0.1) is 16.8 Å². The van der Waals surface area contributed by atoms with Crippen LogP contribution in [0.25, 0.3) is 0 Å². The average Bonchev–Trinajstić information content (AvgIpc) is 3.02. The van der Waals surface area contributed by atoms with Crippen LogP contribution in [0.4, 0.5) is 5.69 Å². The van der Waals surface area contributed by atoms with Crippen molar-refractivity contribution in [2.75, 3.05) is 5.32 Å². The first-order valence-corrected chi connectivity index (χ1v) is 9.56. The van der Waals surface area contributed by atoms with Crippen molar-refractivity contribution in [3.8, 4) is 0 Å². The standard InChI is InChI=1S/C21H22N4OS/c1-4-14-25-16(3)23-24-21(25)27-19(17-8-6-5-7-9-17)20(26)22-18-12-10-15(2)11-13-18/h4-13,19H,1,14H2,2-3H3,(H,22,26)/t19-/m0/s1. The van der Waals surface area contributed by atoms with Gasteiger partial charge in [-0.3, -0.25) is 4.79 Å². The number of nitrogens with one attached hydrogen (secondary N) is 1. The Hall–Kier alpha value is -2.86. The molecule has 3 aromatic rings. The second-order valence-corrected chi connectivity index (χ2v) is 7.27. The average molecular weight is 379 g/mol. The van der Waals surface area contributed by atoms with Crippen molar-refractivity contribution in [1.82, 2.24) is 14.8 Å². The van der Waals surface area contributed by atoms with Gasteiger partial charge >= 0.3 is 0 Å². The summed E-state index contributed by atoms with van der Waals surface area (Å²) in [6.45, 7) is 8.30. The molecule has 5 nitrogen and oxygen atoms in total. The highest BCUT2D eigenvalue weighted by molar-refractivity contribution is 8.00. The molecule has 0 fully saturated rings. The van der Waals surface area contributed by atoms with E-state index in [9.17, 15) is 4.79 Å². The lowest BCUT2D eigenvalue weighted by molar-refractivity contribution is -0.115. The van der Waals surface area contributed by atoms with Crippen molar-refractivity contribution in [2.24, 2.45) is 0 Å². The molecule has 1 amide bonds. The third-order valence-corrected chi connectivity index (χ3v) is 5.33. The molecule has 138 valence electrons. The first-order chi connectivity index (χ1) is 13.1. The minimum Gasteiger partial charge on any atom is -0.325 e. The van der Waals surface area contributed by atoms with E-state index in [4.69, 9.17) is 0 Å². The summed E-state index contributed by atoms with van der Waals surface area (Å²) in [7, 11) is 0. The Morgan fingerprint density at radius 2 is 1.85 bits per heavy atom. The minimum absolute atomic E-state index is 0.0964. The van der Waals surface area contributed by atoms with Crippen LogP contribution in [0.2, 0.25) is 0 Å². The smallest absolute Gasteiger partial charge is 0.242 e. The Morgan fingerprint density at radius 1 is 1.15 bits per heavy atom. The van der Waals surface area contributed by atoms with Crippen LogP contribution in [0, 0.1) is 13.8 Å². The van der Waals surface area contributed by atoms with E-state index in [1.165, 1.54) is 11.8 Å². The molecule has 2 aromatic carbocycles. The Kier molecular flexibility index (Phi) is 6.08. The SMILES string of the molecule is C=CCn1c(C)nnc1S[C@H](C(=O)Nc1ccc(C)cc1)c1ccccc1. The van der Waals surface area contributed by atoms with Crippen LogP contribution in [0.3, 0.4) is 0 Å². The minimum atomic E-state index is -0.445. The molecule has 0 aliphatic heterocycles. The molecule has 1 N–H and O–H groups in total. The van der Waals surface area contributed by atoms with Crippen LogP contribution < -0.4 is 5.32 Å². The summed E-state index contributed by atoms with van der Waals surface area (Å²) in [4.78, 5) is 13.1. The number of hydrogen-bond acceptors (Lipinski definition) is 4. The van der Waals surface area contributed by atoms with E-state index in [-0.39, 0.29) is 5.91 Å². The molecule has 0 aliphatic carbocycles. The van der Waals surface area contributed by atoms with Crippen LogP contribution >= 0.6 is 11.8 Å². The molecule has 0 saturated heterocycles. The largest absolute Gasteiger partial charge is 0.325 e. The molecule has 1 aromatic heterocycles. The van der Waals surface area contributed by atoms with E-state index in [2.05, 4.69) is 22.1 Å². The second-order valence-electron chi connectivity index (χ2n) is 6.19. The van der Waals surface area contributed by atoms with Crippen molar-refractivity contribution < 1.29 is 4.79 Å². The molecule has 0 unspecified atom stereocenters. The fourth-order valence-corrected chi connectivity index (χ4v) is 3.73. The Balaban J connectivity index is 1.88. The number of rotatable bonds is 7. The van der Waals surface area contributed by atoms with E-state index >= 15 is 0 Å². The van der Waals surface area contributed by atoms with Gasteiger partial charge in [-0.2, -0.15) is 0 Å². The summed E-state index contributed by atoms with van der Waals surface area (Å²) in [6.07, 6.45) is 1.80. The lowest BCUT2D eigenvalue weighted by Gasteiger charge is -2.17. The maximum Gasteiger partial charge on any atom is 0.242 e. The van der Waals surface area contributed by atoms with Gasteiger partial charge in [0.15, 0.2) is 5.16 Å². The van der Waals surface area contributed by atoms with Gasteiger partial charge in [-0.25, -0.2) is 0 Å². The number of amides is 1. The maximum absolute atomic E-state index is 13.1. The van der Waals surface area contributed by atoms with E-state index in [1.807, 2.05) is 73.0 Å². The Morgan fingerprint density at radius 3 is 2.52 bits per heavy atom. The van der Waals surface area contributed by atoms with Gasteiger partial charge in [0.25, 0.3) is 0 Å². The van der Waals surface area contributed by atoms with Crippen molar-refractivity contribution in [1.29, 1.82) is 0 Å². The van der Waals surface area contributed by atoms with Gasteiger partial charge in [0, 0.05) is 12.2 Å². The highest BCUT2D eigenvalue weighted by Gasteiger charge is 2.25. The number of carbonyl (C=O) groups is 1. The number of anilines is 1. The molecule has 0 aliphatic rings. The first kappa shape index (κ1) is 18.9. The fourth-order valence-electron chi connectivity index (χ4n) is 2.64. The van der Waals surface area contributed by atoms with Crippen molar-refractivity contribution in [3.05, 3.63) is 84.2 Å². The number of aromatic nitrogens is 3. The lowest BCUT2D eigenvalue weighted by Crippen LogP contribution is -2.19. The van der Waals surface area contributed by atoms with Gasteiger partial charge in [0.1, 0.15) is 11.1 Å². The van der Waals surface area contributed by atoms with E-state index in [1.54, 1.807) is 6.08 Å². The molecule has 0 bridgehead atoms. The molecule has 0 saturated carbocycles. The zero-order valence-corrected chi connectivity index (χ0v) is 16.2. The highest BCUT2D eigenvalue weighted by Crippen LogP contribution is 2.35. The molecular formula is C21H22N4OS. The van der Waals surface area contributed by atoms with Gasteiger partial charge < -0.3 is 9.88 Å². The number of benzene rings is 2. The van der Waals surface area contributed by atoms with Crippen molar-refractivity contribution in [3.63, 3.8) is 0 Å². The van der Waals surface area contributed by atoms with Crippen LogP contribution in [0.5, 0.6) is 0 Å². The van der Waals surface area contributed by atoms with Crippen LogP contribution in [0.1, 0.15) is 22.2 Å². The number of carbonyl (C=O) groups excluding carboxylic acids is 1. The molecule has 1 atom stereocenters. The van der Waals surface area contributed by atoms with E-state index in [0.717, 1.165) is 22.6 Å². The van der Waals surface area contributed by atoms with Crippen molar-refractivity contribution >= 4 is 23.4 Å². The maximum atomic E-state index is 13.1. The lowest BCUT2D eigenvalue weighted by atomic mass is 10.1. The van der Waals surface area contributed by atoms with Gasteiger partial charge in [-0.1, -0.05) is 65.9 Å². The quantitative estimate of drug-likeness (QED) is 0.484. The summed E-state index contributed by atoms with van der Waals surface area (Å²) in [5.41, 5.74) is 2.84. The first-order valence-electron chi connectivity index (χ1n) is 8.68. The number of allylic oxidation sites excluding steroid dienone is 1. The molecule has 3 rings (SSSR count). The molecule has 0 radical (unpaired) electrons. The third-order valence-electron chi connectivity index (χ3n) is 4.10. The molecule has 27 heavy (non-hydrogen) atoms. The summed E-state index contributed by atoms with van der Waals surface area (Å²) >= 11 is 1.39. The number of aryl methyl sites for hydroxylation is 2. The summed E-state index contributed by atoms with van der Waals surface area (Å²) in [5.74, 6) is 0.698. The monoisotopic (exact) mass is 378 g/mol. The zero-order chi connectivity index (χ0) is 19.2. The summed E-state index contributed by atoms with van der Waals surface area (Å²) in [6, 6.07) is 17.5. The number of nitrogens with zero attached hydrogens (tertiary/aromatic N) is 3. The van der Waals surface area contributed by atoms with Gasteiger partial charge in [0.2, 0.25) is 5.91 Å². The Labute approximate surface area is 163 Å². The topological polar surface area (TPSA) is 59.8 Å². The summed E-state index contributed by atoms with van der Waals surface area (Å²) < 4.78 is 1.95. The van der Waals surface area contributed by atoms with Crippen LogP contribution in [-0.2, 0) is 11.3 Å². The Bertz CT molecular complexity index is 919. The van der Waals surface area contributed by atoms with Crippen LogP contribution in [0.15, 0.2) is 72.4 Å². The summed E-state index contributed by atoms with van der Waals surface area (Å²) in [5, 5.41) is 11.7. The van der Waals surface area contributed by atoms with Crippen molar-refractivity contribution in [2.45, 2.75) is 30.8 Å².